The minimum absolute atomic E-state index is 0.290. The van der Waals surface area contributed by atoms with E-state index < -0.39 is 0 Å². The molecule has 4 nitrogen and oxygen atoms in total. The molecule has 0 radical (unpaired) electrons. The van der Waals surface area contributed by atoms with E-state index in [1.807, 2.05) is 6.07 Å². The Kier molecular flexibility index (Phi) is 7.66. The van der Waals surface area contributed by atoms with Gasteiger partial charge in [0, 0.05) is 35.5 Å². The number of fused-ring (bicyclic) bond motifs is 1. The average molecular weight is 349 g/mol. The number of hydrogen-bond acceptors (Lipinski definition) is 5. The number of hydrogen-bond donors (Lipinski definition) is 2. The number of rotatable bonds is 10. The lowest BCUT2D eigenvalue weighted by atomic mass is 10.1. The van der Waals surface area contributed by atoms with Crippen molar-refractivity contribution in [2.75, 3.05) is 18.4 Å². The second kappa shape index (κ2) is 9.74. The normalized spacial score (nSPS) is 11.3. The molecule has 5 heteroatoms. The zero-order valence-electron chi connectivity index (χ0n) is 14.9. The van der Waals surface area contributed by atoms with E-state index in [0.717, 1.165) is 42.6 Å². The maximum absolute atomic E-state index is 11.4. The minimum atomic E-state index is -0.290. The molecule has 24 heavy (non-hydrogen) atoms. The van der Waals surface area contributed by atoms with Crippen LogP contribution in [0.15, 0.2) is 33.5 Å². The summed E-state index contributed by atoms with van der Waals surface area (Å²) in [5.74, 6) is 0. The molecule has 1 heterocycles. The Labute approximate surface area is 148 Å². The van der Waals surface area contributed by atoms with Crippen molar-refractivity contribution < 1.29 is 4.42 Å². The first-order chi connectivity index (χ1) is 11.6. The Balaban J connectivity index is 1.81. The van der Waals surface area contributed by atoms with Crippen molar-refractivity contribution in [2.45, 2.75) is 51.7 Å². The summed E-state index contributed by atoms with van der Waals surface area (Å²) in [5, 5.41) is 5.10. The van der Waals surface area contributed by atoms with Gasteiger partial charge in [0.1, 0.15) is 5.58 Å². The fourth-order valence-electron chi connectivity index (χ4n) is 2.58. The zero-order valence-corrected chi connectivity index (χ0v) is 15.7. The number of nitrogens with one attached hydrogen (secondary N) is 2. The van der Waals surface area contributed by atoms with Gasteiger partial charge in [-0.2, -0.15) is 0 Å². The molecular weight excluding hydrogens is 320 g/mol. The fourth-order valence-corrected chi connectivity index (χ4v) is 3.17. The highest BCUT2D eigenvalue weighted by molar-refractivity contribution is 7.97. The van der Waals surface area contributed by atoms with E-state index in [4.69, 9.17) is 4.42 Å². The van der Waals surface area contributed by atoms with Gasteiger partial charge in [0.2, 0.25) is 0 Å². The van der Waals surface area contributed by atoms with Crippen LogP contribution in [0, 0.1) is 0 Å². The van der Waals surface area contributed by atoms with E-state index >= 15 is 0 Å². The Hall–Kier alpha value is -1.46. The smallest absolute Gasteiger partial charge is 0.336 e. The molecule has 0 saturated heterocycles. The van der Waals surface area contributed by atoms with Crippen LogP contribution in [0.5, 0.6) is 0 Å². The van der Waals surface area contributed by atoms with Crippen LogP contribution < -0.4 is 15.7 Å². The molecule has 0 saturated carbocycles. The first kappa shape index (κ1) is 18.9. The van der Waals surface area contributed by atoms with Crippen LogP contribution in [0.25, 0.3) is 11.0 Å². The molecule has 2 aromatic rings. The van der Waals surface area contributed by atoms with Crippen LogP contribution in [0.3, 0.4) is 0 Å². The summed E-state index contributed by atoms with van der Waals surface area (Å²) >= 11 is 1.80. The maximum atomic E-state index is 11.4. The van der Waals surface area contributed by atoms with E-state index in [1.165, 1.54) is 18.9 Å². The average Bonchev–Trinajstić information content (AvgIpc) is 2.56. The highest BCUT2D eigenvalue weighted by Gasteiger charge is 2.06. The molecular formula is C19H28N2O2S. The predicted octanol–water partition coefficient (Wildman–Crippen LogP) is 4.58. The first-order valence-corrected chi connectivity index (χ1v) is 9.67. The Bertz CT molecular complexity index is 697. The van der Waals surface area contributed by atoms with Crippen LogP contribution in [0.4, 0.5) is 5.69 Å². The van der Waals surface area contributed by atoms with Crippen molar-refractivity contribution in [3.8, 4) is 0 Å². The predicted molar refractivity (Wildman–Crippen MR) is 105 cm³/mol. The van der Waals surface area contributed by atoms with Crippen molar-refractivity contribution in [3.63, 3.8) is 0 Å². The van der Waals surface area contributed by atoms with Gasteiger partial charge in [-0.25, -0.2) is 4.79 Å². The van der Waals surface area contributed by atoms with Gasteiger partial charge in [0.05, 0.1) is 0 Å². The summed E-state index contributed by atoms with van der Waals surface area (Å²) in [4.78, 5) is 11.4. The molecule has 0 atom stereocenters. The van der Waals surface area contributed by atoms with Gasteiger partial charge in [-0.3, -0.25) is 4.72 Å². The van der Waals surface area contributed by atoms with Gasteiger partial charge in [0.25, 0.3) is 0 Å². The summed E-state index contributed by atoms with van der Waals surface area (Å²) in [6.07, 6.45) is 4.40. The highest BCUT2D eigenvalue weighted by Crippen LogP contribution is 2.23. The molecule has 0 spiro atoms. The molecule has 0 fully saturated rings. The Morgan fingerprint density at radius 1 is 1.12 bits per heavy atom. The highest BCUT2D eigenvalue weighted by atomic mass is 32.2. The van der Waals surface area contributed by atoms with Crippen molar-refractivity contribution >= 4 is 28.6 Å². The summed E-state index contributed by atoms with van der Waals surface area (Å²) in [7, 11) is 0. The van der Waals surface area contributed by atoms with Crippen molar-refractivity contribution in [1.82, 2.24) is 4.72 Å². The van der Waals surface area contributed by atoms with Gasteiger partial charge >= 0.3 is 5.63 Å². The molecule has 132 valence electrons. The minimum Gasteiger partial charge on any atom is -0.422 e. The number of aryl methyl sites for hydroxylation is 1. The molecule has 0 aliphatic heterocycles. The molecule has 0 unspecified atom stereocenters. The third kappa shape index (κ3) is 5.87. The zero-order chi connectivity index (χ0) is 17.4. The number of anilines is 1. The molecule has 2 N–H and O–H groups in total. The fraction of sp³-hybridized carbons (Fsp3) is 0.526. The SMILES string of the molecule is CCc1cc(NCCCCCNSC(C)C)cc2ccc(=O)oc12. The lowest BCUT2D eigenvalue weighted by molar-refractivity contribution is 0.557. The largest absolute Gasteiger partial charge is 0.422 e. The van der Waals surface area contributed by atoms with Crippen LogP contribution >= 0.6 is 11.9 Å². The van der Waals surface area contributed by atoms with Gasteiger partial charge in [-0.05, 0) is 43.0 Å². The molecule has 0 bridgehead atoms. The van der Waals surface area contributed by atoms with Gasteiger partial charge < -0.3 is 9.73 Å². The Morgan fingerprint density at radius 3 is 2.67 bits per heavy atom. The monoisotopic (exact) mass is 348 g/mol. The van der Waals surface area contributed by atoms with Crippen LogP contribution in [-0.2, 0) is 6.42 Å². The molecule has 2 rings (SSSR count). The van der Waals surface area contributed by atoms with Crippen molar-refractivity contribution in [2.24, 2.45) is 0 Å². The lowest BCUT2D eigenvalue weighted by Gasteiger charge is -2.10. The van der Waals surface area contributed by atoms with Crippen LogP contribution in [0.1, 0.15) is 45.6 Å². The van der Waals surface area contributed by atoms with E-state index in [-0.39, 0.29) is 5.63 Å². The summed E-state index contributed by atoms with van der Waals surface area (Å²) < 4.78 is 8.74. The first-order valence-electron chi connectivity index (χ1n) is 8.79. The summed E-state index contributed by atoms with van der Waals surface area (Å²) in [6.45, 7) is 8.50. The third-order valence-electron chi connectivity index (χ3n) is 3.78. The van der Waals surface area contributed by atoms with Gasteiger partial charge in [0.15, 0.2) is 0 Å². The van der Waals surface area contributed by atoms with Crippen LogP contribution in [0.2, 0.25) is 0 Å². The van der Waals surface area contributed by atoms with Gasteiger partial charge in [-0.1, -0.05) is 39.1 Å². The molecule has 0 amide bonds. The quantitative estimate of drug-likeness (QED) is 0.374. The topological polar surface area (TPSA) is 54.3 Å². The number of benzene rings is 1. The third-order valence-corrected chi connectivity index (χ3v) is 4.62. The van der Waals surface area contributed by atoms with Crippen molar-refractivity contribution in [1.29, 1.82) is 0 Å². The Morgan fingerprint density at radius 2 is 1.92 bits per heavy atom. The molecule has 0 aliphatic rings. The molecule has 0 aliphatic carbocycles. The second-order valence-corrected chi connectivity index (χ2v) is 7.68. The number of unbranched alkanes of at least 4 members (excludes halogenated alkanes) is 2. The lowest BCUT2D eigenvalue weighted by Crippen LogP contribution is -2.10. The maximum Gasteiger partial charge on any atom is 0.336 e. The van der Waals surface area contributed by atoms with Crippen molar-refractivity contribution in [3.05, 3.63) is 40.2 Å². The van der Waals surface area contributed by atoms with Gasteiger partial charge in [-0.15, -0.1) is 0 Å². The van der Waals surface area contributed by atoms with E-state index in [9.17, 15) is 4.79 Å². The standard InChI is InChI=1S/C19H28N2O2S/c1-4-15-12-17(13-16-8-9-18(22)23-19(15)16)20-10-6-5-7-11-21-24-14(2)3/h8-9,12-14,20-21H,4-7,10-11H2,1-3H3. The van der Waals surface area contributed by atoms with Crippen LogP contribution in [-0.4, -0.2) is 18.3 Å². The molecule has 1 aromatic carbocycles. The van der Waals surface area contributed by atoms with E-state index in [2.05, 4.69) is 42.9 Å². The summed E-state index contributed by atoms with van der Waals surface area (Å²) in [5.41, 5.74) is 2.59. The summed E-state index contributed by atoms with van der Waals surface area (Å²) in [6, 6.07) is 7.46. The van der Waals surface area contributed by atoms with E-state index in [1.54, 1.807) is 11.9 Å². The van der Waals surface area contributed by atoms with E-state index in [0.29, 0.717) is 10.8 Å². The molecule has 1 aromatic heterocycles. The second-order valence-electron chi connectivity index (χ2n) is 6.21.